The lowest BCUT2D eigenvalue weighted by Gasteiger charge is -2.05. The van der Waals surface area contributed by atoms with Gasteiger partial charge in [-0.25, -0.2) is 0 Å². The third-order valence-corrected chi connectivity index (χ3v) is 2.83. The minimum absolute atomic E-state index is 0.0503. The maximum atomic E-state index is 13.2. The zero-order valence-electron chi connectivity index (χ0n) is 11.0. The van der Waals surface area contributed by atoms with Crippen molar-refractivity contribution < 1.29 is 14.1 Å². The van der Waals surface area contributed by atoms with Gasteiger partial charge in [-0.1, -0.05) is 6.07 Å². The number of aromatic nitrogens is 1. The van der Waals surface area contributed by atoms with E-state index in [1.165, 1.54) is 6.07 Å². The number of pyridine rings is 1. The van der Waals surface area contributed by atoms with E-state index in [2.05, 4.69) is 10.3 Å². The molecule has 7 heteroatoms. The first-order valence-electron chi connectivity index (χ1n) is 6.19. The molecule has 0 aliphatic heterocycles. The molecular formula is C14H12FN3O3. The Labute approximate surface area is 119 Å². The van der Waals surface area contributed by atoms with Gasteiger partial charge in [0.2, 0.25) is 5.82 Å². The molecule has 21 heavy (non-hydrogen) atoms. The molecule has 0 aliphatic rings. The minimum Gasteiger partial charge on any atom is -0.352 e. The zero-order chi connectivity index (χ0) is 15.2. The van der Waals surface area contributed by atoms with Gasteiger partial charge >= 0.3 is 5.69 Å². The Bertz CT molecular complexity index is 662. The van der Waals surface area contributed by atoms with Gasteiger partial charge in [-0.05, 0) is 30.2 Å². The van der Waals surface area contributed by atoms with Crippen LogP contribution in [0.5, 0.6) is 0 Å². The highest BCUT2D eigenvalue weighted by molar-refractivity contribution is 5.94. The quantitative estimate of drug-likeness (QED) is 0.674. The second kappa shape index (κ2) is 6.56. The highest BCUT2D eigenvalue weighted by Crippen LogP contribution is 2.18. The normalized spacial score (nSPS) is 10.1. The van der Waals surface area contributed by atoms with Crippen molar-refractivity contribution in [2.24, 2.45) is 0 Å². The molecule has 1 aromatic heterocycles. The fraction of sp³-hybridized carbons (Fsp3) is 0.143. The minimum atomic E-state index is -0.966. The number of hydrogen-bond donors (Lipinski definition) is 1. The SMILES string of the molecule is O=C(NCCc1cccnc1)c1ccc(F)c([N+](=O)[O-])c1. The smallest absolute Gasteiger partial charge is 0.305 e. The molecule has 0 radical (unpaired) electrons. The predicted octanol–water partition coefficient (Wildman–Crippen LogP) is 2.10. The number of nitrogens with zero attached hydrogens (tertiary/aromatic N) is 2. The van der Waals surface area contributed by atoms with Gasteiger partial charge in [0.25, 0.3) is 5.91 Å². The Morgan fingerprint density at radius 3 is 2.86 bits per heavy atom. The van der Waals surface area contributed by atoms with Crippen molar-refractivity contribution in [1.82, 2.24) is 10.3 Å². The molecule has 1 amide bonds. The maximum Gasteiger partial charge on any atom is 0.305 e. The van der Waals surface area contributed by atoms with Crippen LogP contribution in [0.4, 0.5) is 10.1 Å². The molecule has 0 unspecified atom stereocenters. The first-order chi connectivity index (χ1) is 10.1. The molecule has 0 fully saturated rings. The van der Waals surface area contributed by atoms with Crippen LogP contribution in [0.1, 0.15) is 15.9 Å². The molecule has 1 heterocycles. The van der Waals surface area contributed by atoms with Crippen LogP contribution in [-0.4, -0.2) is 22.4 Å². The van der Waals surface area contributed by atoms with E-state index in [4.69, 9.17) is 0 Å². The van der Waals surface area contributed by atoms with E-state index in [0.717, 1.165) is 17.7 Å². The Morgan fingerprint density at radius 2 is 2.19 bits per heavy atom. The van der Waals surface area contributed by atoms with Gasteiger partial charge in [0.1, 0.15) is 0 Å². The Kier molecular flexibility index (Phi) is 4.55. The average molecular weight is 289 g/mol. The lowest BCUT2D eigenvalue weighted by molar-refractivity contribution is -0.387. The van der Waals surface area contributed by atoms with E-state index in [0.29, 0.717) is 13.0 Å². The largest absolute Gasteiger partial charge is 0.352 e. The van der Waals surface area contributed by atoms with Crippen molar-refractivity contribution in [3.8, 4) is 0 Å². The predicted molar refractivity (Wildman–Crippen MR) is 73.3 cm³/mol. The van der Waals surface area contributed by atoms with E-state index in [-0.39, 0.29) is 5.56 Å². The molecule has 2 aromatic rings. The lowest BCUT2D eigenvalue weighted by atomic mass is 10.1. The van der Waals surface area contributed by atoms with Gasteiger partial charge in [0.05, 0.1) is 4.92 Å². The Balaban J connectivity index is 1.97. The van der Waals surface area contributed by atoms with Crippen LogP contribution in [0.3, 0.4) is 0 Å². The van der Waals surface area contributed by atoms with E-state index in [1.807, 2.05) is 6.07 Å². The molecule has 0 atom stereocenters. The van der Waals surface area contributed by atoms with E-state index < -0.39 is 22.3 Å². The lowest BCUT2D eigenvalue weighted by Crippen LogP contribution is -2.25. The van der Waals surface area contributed by atoms with Crippen LogP contribution in [0.2, 0.25) is 0 Å². The standard InChI is InChI=1S/C14H12FN3O3/c15-12-4-3-11(8-13(12)18(20)21)14(19)17-7-5-10-2-1-6-16-9-10/h1-4,6,8-9H,5,7H2,(H,17,19). The number of benzene rings is 1. The van der Waals surface area contributed by atoms with Crippen molar-refractivity contribution in [2.45, 2.75) is 6.42 Å². The summed E-state index contributed by atoms with van der Waals surface area (Å²) in [6, 6.07) is 6.72. The van der Waals surface area contributed by atoms with Crippen LogP contribution in [0, 0.1) is 15.9 Å². The summed E-state index contributed by atoms with van der Waals surface area (Å²) in [5.41, 5.74) is 0.298. The van der Waals surface area contributed by atoms with Crippen molar-refractivity contribution in [3.05, 3.63) is 69.8 Å². The van der Waals surface area contributed by atoms with Gasteiger partial charge in [0, 0.05) is 30.6 Å². The summed E-state index contributed by atoms with van der Waals surface area (Å²) in [6.07, 6.45) is 3.93. The number of nitro benzene ring substituents is 1. The van der Waals surface area contributed by atoms with E-state index >= 15 is 0 Å². The number of nitro groups is 1. The van der Waals surface area contributed by atoms with Gasteiger partial charge in [0.15, 0.2) is 0 Å². The van der Waals surface area contributed by atoms with Crippen LogP contribution in [0.15, 0.2) is 42.7 Å². The monoisotopic (exact) mass is 289 g/mol. The van der Waals surface area contributed by atoms with Crippen molar-refractivity contribution in [1.29, 1.82) is 0 Å². The first kappa shape index (κ1) is 14.6. The summed E-state index contributed by atoms with van der Waals surface area (Å²) in [7, 11) is 0. The molecule has 0 aliphatic carbocycles. The van der Waals surface area contributed by atoms with Crippen molar-refractivity contribution in [2.75, 3.05) is 6.54 Å². The molecular weight excluding hydrogens is 277 g/mol. The highest BCUT2D eigenvalue weighted by Gasteiger charge is 2.17. The maximum absolute atomic E-state index is 13.2. The van der Waals surface area contributed by atoms with Crippen LogP contribution in [-0.2, 0) is 6.42 Å². The average Bonchev–Trinajstić information content (AvgIpc) is 2.48. The van der Waals surface area contributed by atoms with Crippen molar-refractivity contribution in [3.63, 3.8) is 0 Å². The van der Waals surface area contributed by atoms with Gasteiger partial charge in [-0.3, -0.25) is 19.9 Å². The molecule has 0 saturated carbocycles. The first-order valence-corrected chi connectivity index (χ1v) is 6.19. The summed E-state index contributed by atoms with van der Waals surface area (Å²) in [5, 5.41) is 13.2. The highest BCUT2D eigenvalue weighted by atomic mass is 19.1. The number of nitrogens with one attached hydrogen (secondary N) is 1. The summed E-state index contributed by atoms with van der Waals surface area (Å²) in [5.74, 6) is -1.45. The van der Waals surface area contributed by atoms with Crippen LogP contribution in [0.25, 0.3) is 0 Å². The van der Waals surface area contributed by atoms with Crippen molar-refractivity contribution >= 4 is 11.6 Å². The molecule has 2 rings (SSSR count). The number of rotatable bonds is 5. The number of halogens is 1. The van der Waals surface area contributed by atoms with Gasteiger partial charge < -0.3 is 5.32 Å². The molecule has 108 valence electrons. The second-order valence-electron chi connectivity index (χ2n) is 4.29. The molecule has 0 bridgehead atoms. The van der Waals surface area contributed by atoms with Crippen LogP contribution < -0.4 is 5.32 Å². The van der Waals surface area contributed by atoms with Gasteiger partial charge in [-0.2, -0.15) is 4.39 Å². The van der Waals surface area contributed by atoms with Gasteiger partial charge in [-0.15, -0.1) is 0 Å². The fourth-order valence-corrected chi connectivity index (χ4v) is 1.76. The number of carbonyl (C=O) groups excluding carboxylic acids is 1. The topological polar surface area (TPSA) is 85.1 Å². The summed E-state index contributed by atoms with van der Waals surface area (Å²) in [6.45, 7) is 0.357. The summed E-state index contributed by atoms with van der Waals surface area (Å²) < 4.78 is 13.2. The molecule has 0 spiro atoms. The number of hydrogen-bond acceptors (Lipinski definition) is 4. The fourth-order valence-electron chi connectivity index (χ4n) is 1.76. The molecule has 6 nitrogen and oxygen atoms in total. The van der Waals surface area contributed by atoms with E-state index in [1.54, 1.807) is 18.5 Å². The molecule has 1 N–H and O–H groups in total. The molecule has 0 saturated heterocycles. The third-order valence-electron chi connectivity index (χ3n) is 2.83. The molecule has 1 aromatic carbocycles. The summed E-state index contributed by atoms with van der Waals surface area (Å²) >= 11 is 0. The Hall–Kier alpha value is -2.83. The third kappa shape index (κ3) is 3.82. The Morgan fingerprint density at radius 1 is 1.38 bits per heavy atom. The second-order valence-corrected chi connectivity index (χ2v) is 4.29. The number of carbonyl (C=O) groups is 1. The zero-order valence-corrected chi connectivity index (χ0v) is 11.0. The summed E-state index contributed by atoms with van der Waals surface area (Å²) in [4.78, 5) is 25.6. The number of amides is 1. The van der Waals surface area contributed by atoms with Crippen LogP contribution >= 0.6 is 0 Å². The van der Waals surface area contributed by atoms with E-state index in [9.17, 15) is 19.3 Å².